The van der Waals surface area contributed by atoms with Gasteiger partial charge in [-0.2, -0.15) is 5.10 Å². The molecule has 3 aromatic rings. The number of sulfone groups is 1. The van der Waals surface area contributed by atoms with E-state index < -0.39 is 15.9 Å². The number of aryl methyl sites for hydroxylation is 2. The second-order valence-electron chi connectivity index (χ2n) is 7.56. The van der Waals surface area contributed by atoms with Gasteiger partial charge in [0.25, 0.3) is 0 Å². The number of hydrogen-bond acceptors (Lipinski definition) is 6. The number of rotatable bonds is 7. The lowest BCUT2D eigenvalue weighted by atomic mass is 10.0. The molecule has 31 heavy (non-hydrogen) atoms. The minimum atomic E-state index is -3.03. The van der Waals surface area contributed by atoms with Gasteiger partial charge in [-0.25, -0.2) is 8.42 Å². The fourth-order valence-electron chi connectivity index (χ4n) is 3.69. The third-order valence-electron chi connectivity index (χ3n) is 5.38. The largest absolute Gasteiger partial charge is 0.308 e. The van der Waals surface area contributed by atoms with Gasteiger partial charge >= 0.3 is 0 Å². The number of carbonyl (C=O) groups is 1. The highest BCUT2D eigenvalue weighted by atomic mass is 32.2. The molecule has 2 aromatic heterocycles. The van der Waals surface area contributed by atoms with Gasteiger partial charge in [0.15, 0.2) is 15.7 Å². The van der Waals surface area contributed by atoms with Crippen molar-refractivity contribution in [1.29, 1.82) is 0 Å². The van der Waals surface area contributed by atoms with Crippen LogP contribution in [0.5, 0.6) is 0 Å². The zero-order valence-electron chi connectivity index (χ0n) is 17.1. The minimum Gasteiger partial charge on any atom is -0.308 e. The van der Waals surface area contributed by atoms with Gasteiger partial charge in [0.2, 0.25) is 5.91 Å². The van der Waals surface area contributed by atoms with Crippen LogP contribution < -0.4 is 5.32 Å². The summed E-state index contributed by atoms with van der Waals surface area (Å²) in [6.45, 7) is 1.34. The van der Waals surface area contributed by atoms with E-state index in [0.29, 0.717) is 25.5 Å². The van der Waals surface area contributed by atoms with Crippen molar-refractivity contribution in [3.8, 4) is 0 Å². The Morgan fingerprint density at radius 1 is 1.03 bits per heavy atom. The van der Waals surface area contributed by atoms with Gasteiger partial charge < -0.3 is 5.32 Å². The number of carbonyl (C=O) groups excluding carboxylic acids is 1. The van der Waals surface area contributed by atoms with Crippen LogP contribution in [0.4, 0.5) is 5.82 Å². The first-order valence-corrected chi connectivity index (χ1v) is 12.0. The van der Waals surface area contributed by atoms with E-state index in [1.54, 1.807) is 23.1 Å². The van der Waals surface area contributed by atoms with E-state index in [9.17, 15) is 13.2 Å². The highest BCUT2D eigenvalue weighted by molar-refractivity contribution is 7.91. The highest BCUT2D eigenvalue weighted by Crippen LogP contribution is 2.24. The Kier molecular flexibility index (Phi) is 6.43. The molecule has 0 spiro atoms. The van der Waals surface area contributed by atoms with Crippen LogP contribution in [0.25, 0.3) is 0 Å². The maximum absolute atomic E-state index is 13.2. The lowest BCUT2D eigenvalue weighted by molar-refractivity contribution is -0.121. The van der Waals surface area contributed by atoms with Crippen LogP contribution >= 0.6 is 0 Å². The van der Waals surface area contributed by atoms with Crippen LogP contribution in [-0.2, 0) is 27.6 Å². The fraction of sp³-hybridized carbons (Fsp3) is 0.318. The SMILES string of the molecule is O=C(Nc1ccn(CCc2ccncc2)n1)C(c1ccccc1)N1CCS(=O)(=O)CC1. The molecule has 1 unspecified atom stereocenters. The Bertz CT molecular complexity index is 1100. The normalized spacial score (nSPS) is 17.2. The summed E-state index contributed by atoms with van der Waals surface area (Å²) in [6.07, 6.45) is 6.17. The summed E-state index contributed by atoms with van der Waals surface area (Å²) in [5.41, 5.74) is 2.00. The second kappa shape index (κ2) is 9.40. The van der Waals surface area contributed by atoms with E-state index >= 15 is 0 Å². The van der Waals surface area contributed by atoms with Crippen molar-refractivity contribution in [2.45, 2.75) is 19.0 Å². The average molecular weight is 440 g/mol. The number of nitrogens with one attached hydrogen (secondary N) is 1. The summed E-state index contributed by atoms with van der Waals surface area (Å²) in [5.74, 6) is 0.385. The smallest absolute Gasteiger partial charge is 0.247 e. The van der Waals surface area contributed by atoms with Crippen LogP contribution in [0.2, 0.25) is 0 Å². The fourth-order valence-corrected chi connectivity index (χ4v) is 4.92. The van der Waals surface area contributed by atoms with Crippen molar-refractivity contribution in [1.82, 2.24) is 19.7 Å². The monoisotopic (exact) mass is 439 g/mol. The molecular formula is C22H25N5O3S. The van der Waals surface area contributed by atoms with Crippen LogP contribution in [-0.4, -0.2) is 58.6 Å². The maximum atomic E-state index is 13.2. The van der Waals surface area contributed by atoms with Gasteiger partial charge in [0, 0.05) is 44.3 Å². The molecular weight excluding hydrogens is 414 g/mol. The van der Waals surface area contributed by atoms with Gasteiger partial charge in [-0.05, 0) is 29.7 Å². The molecule has 4 rings (SSSR count). The number of hydrogen-bond donors (Lipinski definition) is 1. The number of benzene rings is 1. The Labute approximate surface area is 181 Å². The molecule has 8 nitrogen and oxygen atoms in total. The van der Waals surface area contributed by atoms with Crippen LogP contribution in [0.15, 0.2) is 67.1 Å². The molecule has 1 saturated heterocycles. The standard InChI is InChI=1S/C22H25N5O3S/c28-22(24-20-9-13-27(25-20)12-8-18-6-10-23-11-7-18)21(19-4-2-1-3-5-19)26-14-16-31(29,30)17-15-26/h1-7,9-11,13,21H,8,12,14-17H2,(H,24,25,28). The van der Waals surface area contributed by atoms with Crippen molar-refractivity contribution >= 4 is 21.6 Å². The molecule has 1 aliphatic heterocycles. The molecule has 1 atom stereocenters. The minimum absolute atomic E-state index is 0.0627. The number of anilines is 1. The van der Waals surface area contributed by atoms with E-state index in [4.69, 9.17) is 0 Å². The zero-order valence-corrected chi connectivity index (χ0v) is 17.9. The average Bonchev–Trinajstić information content (AvgIpc) is 3.22. The van der Waals surface area contributed by atoms with Gasteiger partial charge in [-0.3, -0.25) is 19.4 Å². The van der Waals surface area contributed by atoms with E-state index in [1.165, 1.54) is 5.56 Å². The second-order valence-corrected chi connectivity index (χ2v) is 9.86. The van der Waals surface area contributed by atoms with Crippen LogP contribution in [0, 0.1) is 0 Å². The summed E-state index contributed by atoms with van der Waals surface area (Å²) in [5, 5.41) is 7.37. The predicted molar refractivity (Wildman–Crippen MR) is 118 cm³/mol. The van der Waals surface area contributed by atoms with Crippen molar-refractivity contribution in [2.75, 3.05) is 29.9 Å². The summed E-state index contributed by atoms with van der Waals surface area (Å²) in [4.78, 5) is 19.1. The first-order chi connectivity index (χ1) is 15.0. The number of nitrogens with zero attached hydrogens (tertiary/aromatic N) is 4. The van der Waals surface area contributed by atoms with Crippen molar-refractivity contribution in [2.24, 2.45) is 0 Å². The lowest BCUT2D eigenvalue weighted by Crippen LogP contribution is -2.46. The van der Waals surface area contributed by atoms with Crippen molar-refractivity contribution < 1.29 is 13.2 Å². The molecule has 1 aromatic carbocycles. The number of aromatic nitrogens is 3. The first kappa shape index (κ1) is 21.2. The maximum Gasteiger partial charge on any atom is 0.247 e. The van der Waals surface area contributed by atoms with Crippen LogP contribution in [0.1, 0.15) is 17.2 Å². The Balaban J connectivity index is 1.45. The van der Waals surface area contributed by atoms with E-state index in [0.717, 1.165) is 12.0 Å². The molecule has 0 bridgehead atoms. The van der Waals surface area contributed by atoms with Gasteiger partial charge in [-0.1, -0.05) is 30.3 Å². The first-order valence-electron chi connectivity index (χ1n) is 10.2. The zero-order chi connectivity index (χ0) is 21.7. The van der Waals surface area contributed by atoms with Gasteiger partial charge in [0.05, 0.1) is 11.5 Å². The van der Waals surface area contributed by atoms with Gasteiger partial charge in [0.1, 0.15) is 6.04 Å². The van der Waals surface area contributed by atoms with Gasteiger partial charge in [-0.15, -0.1) is 0 Å². The molecule has 0 radical (unpaired) electrons. The summed E-state index contributed by atoms with van der Waals surface area (Å²) in [7, 11) is -3.03. The number of amides is 1. The summed E-state index contributed by atoms with van der Waals surface area (Å²) >= 11 is 0. The molecule has 1 N–H and O–H groups in total. The Hall–Kier alpha value is -3.04. The van der Waals surface area contributed by atoms with Crippen molar-refractivity contribution in [3.63, 3.8) is 0 Å². The number of pyridine rings is 1. The molecule has 1 fully saturated rings. The predicted octanol–water partition coefficient (Wildman–Crippen LogP) is 1.93. The molecule has 162 valence electrons. The quantitative estimate of drug-likeness (QED) is 0.604. The third-order valence-corrected chi connectivity index (χ3v) is 6.99. The molecule has 0 saturated carbocycles. The Morgan fingerprint density at radius 3 is 2.45 bits per heavy atom. The third kappa shape index (κ3) is 5.56. The van der Waals surface area contributed by atoms with E-state index in [1.807, 2.05) is 53.6 Å². The lowest BCUT2D eigenvalue weighted by Gasteiger charge is -2.33. The van der Waals surface area contributed by atoms with Crippen LogP contribution in [0.3, 0.4) is 0 Å². The molecule has 9 heteroatoms. The summed E-state index contributed by atoms with van der Waals surface area (Å²) < 4.78 is 25.5. The van der Waals surface area contributed by atoms with E-state index in [-0.39, 0.29) is 17.4 Å². The van der Waals surface area contributed by atoms with Crippen molar-refractivity contribution in [3.05, 3.63) is 78.2 Å². The van der Waals surface area contributed by atoms with E-state index in [2.05, 4.69) is 15.4 Å². The molecule has 1 amide bonds. The molecule has 0 aliphatic carbocycles. The summed E-state index contributed by atoms with van der Waals surface area (Å²) in [6, 6.07) is 14.6. The highest BCUT2D eigenvalue weighted by Gasteiger charge is 2.32. The topological polar surface area (TPSA) is 97.2 Å². The molecule has 1 aliphatic rings. The Morgan fingerprint density at radius 2 is 1.74 bits per heavy atom. The molecule has 3 heterocycles.